The molecule has 4 aromatic rings. The largest absolute Gasteiger partial charge is 0.369 e. The second-order valence-corrected chi connectivity index (χ2v) is 9.50. The van der Waals surface area contributed by atoms with E-state index < -0.39 is 0 Å². The molecule has 176 valence electrons. The second-order valence-electron chi connectivity index (χ2n) is 8.55. The first-order valence-corrected chi connectivity index (χ1v) is 12.8. The summed E-state index contributed by atoms with van der Waals surface area (Å²) in [6.45, 7) is 12.1. The molecule has 1 saturated heterocycles. The highest BCUT2D eigenvalue weighted by molar-refractivity contribution is 7.13. The van der Waals surface area contributed by atoms with Gasteiger partial charge in [0.15, 0.2) is 0 Å². The van der Waals surface area contributed by atoms with Crippen molar-refractivity contribution in [2.45, 2.75) is 27.3 Å². The van der Waals surface area contributed by atoms with Crippen LogP contribution < -0.4 is 15.8 Å². The first kappa shape index (κ1) is 22.6. The molecule has 8 heteroatoms. The number of nitrogens with zero attached hydrogens (tertiary/aromatic N) is 5. The Balaban J connectivity index is 1.42. The van der Waals surface area contributed by atoms with Crippen LogP contribution in [0.3, 0.4) is 0 Å². The summed E-state index contributed by atoms with van der Waals surface area (Å²) in [5, 5.41) is 6.22. The molecule has 1 aliphatic heterocycles. The number of anilines is 3. The van der Waals surface area contributed by atoms with Crippen molar-refractivity contribution in [3.63, 3.8) is 0 Å². The minimum Gasteiger partial charge on any atom is -0.369 e. The van der Waals surface area contributed by atoms with Gasteiger partial charge in [-0.1, -0.05) is 13.0 Å². The average molecular weight is 475 g/mol. The van der Waals surface area contributed by atoms with E-state index in [1.807, 2.05) is 37.4 Å². The predicted molar refractivity (Wildman–Crippen MR) is 142 cm³/mol. The van der Waals surface area contributed by atoms with E-state index in [0.29, 0.717) is 23.7 Å². The number of thiophene rings is 1. The number of pyridine rings is 1. The number of aromatic nitrogens is 3. The van der Waals surface area contributed by atoms with Gasteiger partial charge in [0.25, 0.3) is 5.56 Å². The summed E-state index contributed by atoms with van der Waals surface area (Å²) in [7, 11) is 0. The number of nitrogens with one attached hydrogen (secondary N) is 1. The van der Waals surface area contributed by atoms with Crippen LogP contribution >= 0.6 is 11.3 Å². The van der Waals surface area contributed by atoms with Gasteiger partial charge in [0.05, 0.1) is 11.3 Å². The van der Waals surface area contributed by atoms with Crippen molar-refractivity contribution in [3.8, 4) is 10.4 Å². The number of benzene rings is 1. The molecule has 0 spiro atoms. The van der Waals surface area contributed by atoms with Gasteiger partial charge >= 0.3 is 0 Å². The van der Waals surface area contributed by atoms with E-state index in [2.05, 4.69) is 46.3 Å². The van der Waals surface area contributed by atoms with Crippen molar-refractivity contribution in [2.24, 2.45) is 0 Å². The van der Waals surface area contributed by atoms with Gasteiger partial charge in [-0.05, 0) is 62.2 Å². The molecule has 0 unspecified atom stereocenters. The van der Waals surface area contributed by atoms with Crippen LogP contribution in [0.1, 0.15) is 19.5 Å². The number of piperazine rings is 1. The number of hydrogen-bond acceptors (Lipinski definition) is 7. The molecule has 7 nitrogen and oxygen atoms in total. The molecule has 0 amide bonds. The molecule has 5 rings (SSSR count). The van der Waals surface area contributed by atoms with E-state index in [9.17, 15) is 4.79 Å². The third kappa shape index (κ3) is 4.31. The number of fused-ring (bicyclic) bond motifs is 1. The third-order valence-electron chi connectivity index (χ3n) is 6.55. The Morgan fingerprint density at radius 1 is 1.00 bits per heavy atom. The summed E-state index contributed by atoms with van der Waals surface area (Å²) in [6.07, 6.45) is 0. The molecule has 1 N–H and O–H groups in total. The maximum atomic E-state index is 13.2. The van der Waals surface area contributed by atoms with Crippen molar-refractivity contribution in [3.05, 3.63) is 63.9 Å². The molecule has 34 heavy (non-hydrogen) atoms. The summed E-state index contributed by atoms with van der Waals surface area (Å²) in [6, 6.07) is 14.3. The van der Waals surface area contributed by atoms with E-state index in [4.69, 9.17) is 9.97 Å². The Hall–Kier alpha value is -3.23. The molecule has 0 saturated carbocycles. The van der Waals surface area contributed by atoms with E-state index in [1.165, 1.54) is 5.69 Å². The maximum absolute atomic E-state index is 13.2. The van der Waals surface area contributed by atoms with Gasteiger partial charge in [-0.15, -0.1) is 11.3 Å². The molecule has 1 aliphatic rings. The van der Waals surface area contributed by atoms with Crippen LogP contribution in [0.5, 0.6) is 0 Å². The molecular weight excluding hydrogens is 444 g/mol. The number of hydrogen-bond donors (Lipinski definition) is 1. The van der Waals surface area contributed by atoms with Gasteiger partial charge in [-0.3, -0.25) is 9.36 Å². The molecule has 0 radical (unpaired) electrons. The number of aryl methyl sites for hydroxylation is 2. The summed E-state index contributed by atoms with van der Waals surface area (Å²) in [4.78, 5) is 28.5. The summed E-state index contributed by atoms with van der Waals surface area (Å²) in [5.41, 5.74) is 4.35. The zero-order valence-corrected chi connectivity index (χ0v) is 20.7. The highest BCUT2D eigenvalue weighted by atomic mass is 32.1. The van der Waals surface area contributed by atoms with Gasteiger partial charge in [0.2, 0.25) is 5.95 Å². The van der Waals surface area contributed by atoms with Crippen molar-refractivity contribution < 1.29 is 0 Å². The lowest BCUT2D eigenvalue weighted by Crippen LogP contribution is -2.46. The topological polar surface area (TPSA) is 66.3 Å². The van der Waals surface area contributed by atoms with Gasteiger partial charge in [-0.25, -0.2) is 4.98 Å². The van der Waals surface area contributed by atoms with E-state index in [-0.39, 0.29) is 5.56 Å². The monoisotopic (exact) mass is 474 g/mol. The fourth-order valence-corrected chi connectivity index (χ4v) is 5.29. The van der Waals surface area contributed by atoms with Gasteiger partial charge in [0.1, 0.15) is 5.65 Å². The fraction of sp³-hybridized carbons (Fsp3) is 0.346. The van der Waals surface area contributed by atoms with Crippen LogP contribution in [0.4, 0.5) is 17.3 Å². The smallest absolute Gasteiger partial charge is 0.260 e. The second kappa shape index (κ2) is 9.56. The minimum absolute atomic E-state index is 0.0194. The highest BCUT2D eigenvalue weighted by Crippen LogP contribution is 2.27. The Kier molecular flexibility index (Phi) is 6.34. The van der Waals surface area contributed by atoms with Gasteiger partial charge in [-0.2, -0.15) is 4.98 Å². The Morgan fingerprint density at radius 2 is 1.76 bits per heavy atom. The molecule has 3 aromatic heterocycles. The SMILES string of the molecule is CCN1CCN(c2ccc(Nc3nc(C)c4cc(-c5cccs5)c(=O)n(CC)c4n3)cc2)CC1. The minimum atomic E-state index is -0.0194. The van der Waals surface area contributed by atoms with Crippen molar-refractivity contribution in [2.75, 3.05) is 42.9 Å². The van der Waals surface area contributed by atoms with Crippen LogP contribution in [-0.4, -0.2) is 52.2 Å². The third-order valence-corrected chi connectivity index (χ3v) is 7.45. The van der Waals surface area contributed by atoms with Crippen LogP contribution in [0.2, 0.25) is 0 Å². The van der Waals surface area contributed by atoms with Crippen molar-refractivity contribution >= 4 is 39.7 Å². The number of rotatable bonds is 6. The normalized spacial score (nSPS) is 14.6. The lowest BCUT2D eigenvalue weighted by Gasteiger charge is -2.35. The molecule has 1 aromatic carbocycles. The van der Waals surface area contributed by atoms with E-state index in [1.54, 1.807) is 15.9 Å². The quantitative estimate of drug-likeness (QED) is 0.436. The summed E-state index contributed by atoms with van der Waals surface area (Å²) >= 11 is 1.57. The fourth-order valence-electron chi connectivity index (χ4n) is 4.55. The first-order valence-electron chi connectivity index (χ1n) is 11.9. The Morgan fingerprint density at radius 3 is 2.41 bits per heavy atom. The zero-order valence-electron chi connectivity index (χ0n) is 19.9. The van der Waals surface area contributed by atoms with Crippen LogP contribution in [0.15, 0.2) is 52.6 Å². The predicted octanol–water partition coefficient (Wildman–Crippen LogP) is 4.73. The molecule has 0 bridgehead atoms. The van der Waals surface area contributed by atoms with Gasteiger partial charge < -0.3 is 15.1 Å². The standard InChI is InChI=1S/C26H30N6OS/c1-4-30-12-14-31(15-13-30)20-10-8-19(9-11-20)28-26-27-18(3)21-17-22(23-7-6-16-34-23)25(33)32(5-2)24(21)29-26/h6-11,16-17H,4-5,12-15H2,1-3H3,(H,27,28,29). The van der Waals surface area contributed by atoms with Crippen LogP contribution in [-0.2, 0) is 6.54 Å². The van der Waals surface area contributed by atoms with Crippen LogP contribution in [0, 0.1) is 6.92 Å². The maximum Gasteiger partial charge on any atom is 0.260 e. The summed E-state index contributed by atoms with van der Waals surface area (Å²) < 4.78 is 1.74. The van der Waals surface area contributed by atoms with E-state index >= 15 is 0 Å². The first-order chi connectivity index (χ1) is 16.6. The molecule has 4 heterocycles. The summed E-state index contributed by atoms with van der Waals surface area (Å²) in [5.74, 6) is 0.500. The molecule has 1 fully saturated rings. The lowest BCUT2D eigenvalue weighted by molar-refractivity contribution is 0.271. The van der Waals surface area contributed by atoms with Crippen LogP contribution in [0.25, 0.3) is 21.5 Å². The van der Waals surface area contributed by atoms with E-state index in [0.717, 1.165) is 54.4 Å². The Bertz CT molecular complexity index is 1340. The Labute approximate surface area is 203 Å². The van der Waals surface area contributed by atoms with Crippen molar-refractivity contribution in [1.82, 2.24) is 19.4 Å². The average Bonchev–Trinajstić information content (AvgIpc) is 3.39. The lowest BCUT2D eigenvalue weighted by atomic mass is 10.1. The van der Waals surface area contributed by atoms with Crippen molar-refractivity contribution in [1.29, 1.82) is 0 Å². The zero-order chi connectivity index (χ0) is 23.7. The highest BCUT2D eigenvalue weighted by Gasteiger charge is 2.17. The molecule has 0 aliphatic carbocycles. The number of likely N-dealkylation sites (N-methyl/N-ethyl adjacent to an activating group) is 1. The molecular formula is C26H30N6OS. The van der Waals surface area contributed by atoms with Gasteiger partial charge in [0, 0.05) is 54.4 Å². The molecule has 0 atom stereocenters.